The first-order chi connectivity index (χ1) is 10.1. The third kappa shape index (κ3) is 3.89. The van der Waals surface area contributed by atoms with Crippen LogP contribution in [0.15, 0.2) is 24.3 Å². The van der Waals surface area contributed by atoms with Gasteiger partial charge in [0.1, 0.15) is 0 Å². The molecule has 1 aromatic carbocycles. The lowest BCUT2D eigenvalue weighted by Gasteiger charge is -2.29. The van der Waals surface area contributed by atoms with Crippen LogP contribution >= 0.6 is 0 Å². The fourth-order valence-electron chi connectivity index (χ4n) is 3.06. The monoisotopic (exact) mass is 290 g/mol. The molecule has 2 heterocycles. The van der Waals surface area contributed by atoms with Crippen molar-refractivity contribution >= 4 is 11.4 Å². The Hall–Kier alpha value is -1.26. The van der Waals surface area contributed by atoms with Crippen LogP contribution in [0.4, 0.5) is 11.4 Å². The molecule has 1 unspecified atom stereocenters. The first kappa shape index (κ1) is 14.7. The maximum Gasteiger partial charge on any atom is 0.0755 e. The zero-order valence-corrected chi connectivity index (χ0v) is 13.1. The number of morpholine rings is 1. The van der Waals surface area contributed by atoms with Crippen molar-refractivity contribution in [3.8, 4) is 0 Å². The molecule has 1 atom stereocenters. The van der Waals surface area contributed by atoms with Gasteiger partial charge in [-0.25, -0.2) is 0 Å². The zero-order chi connectivity index (χ0) is 14.7. The van der Waals surface area contributed by atoms with Gasteiger partial charge in [-0.2, -0.15) is 0 Å². The van der Waals surface area contributed by atoms with E-state index in [9.17, 15) is 0 Å². The van der Waals surface area contributed by atoms with Crippen LogP contribution in [0.3, 0.4) is 0 Å². The van der Waals surface area contributed by atoms with E-state index < -0.39 is 0 Å². The first-order valence-corrected chi connectivity index (χ1v) is 7.97. The Kier molecular flexibility index (Phi) is 4.36. The quantitative estimate of drug-likeness (QED) is 0.924. The van der Waals surface area contributed by atoms with Crippen LogP contribution in [0, 0.1) is 0 Å². The lowest BCUT2D eigenvalue weighted by atomic mass is 10.1. The topological polar surface area (TPSA) is 33.7 Å². The summed E-state index contributed by atoms with van der Waals surface area (Å²) >= 11 is 0. The fraction of sp³-hybridized carbons (Fsp3) is 0.647. The third-order valence-electron chi connectivity index (χ3n) is 4.33. The van der Waals surface area contributed by atoms with E-state index in [2.05, 4.69) is 48.3 Å². The summed E-state index contributed by atoms with van der Waals surface area (Å²) in [6, 6.07) is 8.69. The Morgan fingerprint density at radius 3 is 2.52 bits per heavy atom. The minimum Gasteiger partial charge on any atom is -0.382 e. The van der Waals surface area contributed by atoms with Gasteiger partial charge in [0, 0.05) is 31.0 Å². The van der Waals surface area contributed by atoms with Crippen LogP contribution in [0.5, 0.6) is 0 Å². The normalized spacial score (nSPS) is 25.0. The number of hydrogen-bond donors (Lipinski definition) is 1. The lowest BCUT2D eigenvalue weighted by Crippen LogP contribution is -2.36. The maximum atomic E-state index is 6.00. The summed E-state index contributed by atoms with van der Waals surface area (Å²) in [5.41, 5.74) is 2.49. The summed E-state index contributed by atoms with van der Waals surface area (Å²) in [6.07, 6.45) is 2.63. The molecule has 116 valence electrons. The smallest absolute Gasteiger partial charge is 0.0755 e. The van der Waals surface area contributed by atoms with Crippen LogP contribution < -0.4 is 10.2 Å². The van der Waals surface area contributed by atoms with Crippen molar-refractivity contribution in [2.24, 2.45) is 0 Å². The Balaban J connectivity index is 1.50. The molecule has 0 saturated carbocycles. The van der Waals surface area contributed by atoms with Crippen molar-refractivity contribution < 1.29 is 9.47 Å². The molecule has 2 aliphatic rings. The van der Waals surface area contributed by atoms with E-state index in [0.29, 0.717) is 6.10 Å². The molecule has 2 aliphatic heterocycles. The van der Waals surface area contributed by atoms with Gasteiger partial charge in [-0.1, -0.05) is 0 Å². The Morgan fingerprint density at radius 1 is 1.19 bits per heavy atom. The van der Waals surface area contributed by atoms with Crippen molar-refractivity contribution in [1.29, 1.82) is 0 Å². The minimum absolute atomic E-state index is 0.0482. The zero-order valence-electron chi connectivity index (χ0n) is 13.1. The molecule has 0 bridgehead atoms. The number of ether oxygens (including phenoxy) is 2. The van der Waals surface area contributed by atoms with Crippen molar-refractivity contribution in [3.63, 3.8) is 0 Å². The van der Waals surface area contributed by atoms with Crippen molar-refractivity contribution in [1.82, 2.24) is 0 Å². The van der Waals surface area contributed by atoms with Gasteiger partial charge in [0.2, 0.25) is 0 Å². The first-order valence-electron chi connectivity index (χ1n) is 7.97. The highest BCUT2D eigenvalue weighted by Gasteiger charge is 2.31. The Labute approximate surface area is 127 Å². The molecule has 0 radical (unpaired) electrons. The molecule has 0 aliphatic carbocycles. The van der Waals surface area contributed by atoms with Gasteiger partial charge in [-0.3, -0.25) is 0 Å². The predicted molar refractivity (Wildman–Crippen MR) is 86.1 cm³/mol. The van der Waals surface area contributed by atoms with Crippen LogP contribution in [0.2, 0.25) is 0 Å². The van der Waals surface area contributed by atoms with E-state index in [1.165, 1.54) is 11.4 Å². The number of benzene rings is 1. The SMILES string of the molecule is CC1(C)CCC(CNc2ccc(N3CCOCC3)cc2)O1. The van der Waals surface area contributed by atoms with Gasteiger partial charge in [-0.05, 0) is 51.0 Å². The molecule has 4 heteroatoms. The number of nitrogens with zero attached hydrogens (tertiary/aromatic N) is 1. The standard InChI is InChI=1S/C17H26N2O2/c1-17(2)8-7-16(21-17)13-18-14-3-5-15(6-4-14)19-9-11-20-12-10-19/h3-6,16,18H,7-13H2,1-2H3. The number of nitrogens with one attached hydrogen (secondary N) is 1. The summed E-state index contributed by atoms with van der Waals surface area (Å²) in [7, 11) is 0. The predicted octanol–water partition coefficient (Wildman–Crippen LogP) is 2.89. The average Bonchev–Trinajstić information content (AvgIpc) is 2.86. The molecule has 1 aromatic rings. The molecule has 21 heavy (non-hydrogen) atoms. The van der Waals surface area contributed by atoms with E-state index in [4.69, 9.17) is 9.47 Å². The molecule has 0 amide bonds. The highest BCUT2D eigenvalue weighted by Crippen LogP contribution is 2.29. The fourth-order valence-corrected chi connectivity index (χ4v) is 3.06. The number of anilines is 2. The summed E-state index contributed by atoms with van der Waals surface area (Å²) in [5.74, 6) is 0. The number of rotatable bonds is 4. The maximum absolute atomic E-state index is 6.00. The molecule has 1 N–H and O–H groups in total. The van der Waals surface area contributed by atoms with E-state index >= 15 is 0 Å². The highest BCUT2D eigenvalue weighted by molar-refractivity contribution is 5.55. The molecule has 3 rings (SSSR count). The minimum atomic E-state index is 0.0482. The van der Waals surface area contributed by atoms with E-state index in [0.717, 1.165) is 45.7 Å². The largest absolute Gasteiger partial charge is 0.382 e. The average molecular weight is 290 g/mol. The molecule has 0 spiro atoms. The second kappa shape index (κ2) is 6.24. The van der Waals surface area contributed by atoms with Gasteiger partial charge in [0.15, 0.2) is 0 Å². The number of hydrogen-bond acceptors (Lipinski definition) is 4. The van der Waals surface area contributed by atoms with E-state index in [1.54, 1.807) is 0 Å². The van der Waals surface area contributed by atoms with Gasteiger partial charge in [0.05, 0.1) is 24.9 Å². The molecule has 4 nitrogen and oxygen atoms in total. The Morgan fingerprint density at radius 2 is 1.90 bits per heavy atom. The molecule has 0 aromatic heterocycles. The van der Waals surface area contributed by atoms with Crippen molar-refractivity contribution in [3.05, 3.63) is 24.3 Å². The highest BCUT2D eigenvalue weighted by atomic mass is 16.5. The van der Waals surface area contributed by atoms with Crippen LogP contribution in [0.1, 0.15) is 26.7 Å². The van der Waals surface area contributed by atoms with Crippen LogP contribution in [-0.4, -0.2) is 44.6 Å². The van der Waals surface area contributed by atoms with Gasteiger partial charge >= 0.3 is 0 Å². The second-order valence-corrected chi connectivity index (χ2v) is 6.57. The van der Waals surface area contributed by atoms with Crippen molar-refractivity contribution in [2.45, 2.75) is 38.4 Å². The van der Waals surface area contributed by atoms with E-state index in [-0.39, 0.29) is 5.60 Å². The summed E-state index contributed by atoms with van der Waals surface area (Å²) < 4.78 is 11.4. The third-order valence-corrected chi connectivity index (χ3v) is 4.33. The summed E-state index contributed by atoms with van der Waals surface area (Å²) in [4.78, 5) is 2.37. The summed E-state index contributed by atoms with van der Waals surface area (Å²) in [5, 5.41) is 3.49. The van der Waals surface area contributed by atoms with Crippen LogP contribution in [-0.2, 0) is 9.47 Å². The second-order valence-electron chi connectivity index (χ2n) is 6.57. The molecule has 2 saturated heterocycles. The van der Waals surface area contributed by atoms with Crippen molar-refractivity contribution in [2.75, 3.05) is 43.1 Å². The van der Waals surface area contributed by atoms with E-state index in [1.807, 2.05) is 0 Å². The van der Waals surface area contributed by atoms with Crippen LogP contribution in [0.25, 0.3) is 0 Å². The molecule has 2 fully saturated rings. The molecular weight excluding hydrogens is 264 g/mol. The lowest BCUT2D eigenvalue weighted by molar-refractivity contribution is -0.00910. The molecular formula is C17H26N2O2. The van der Waals surface area contributed by atoms with Gasteiger partial charge in [0.25, 0.3) is 0 Å². The summed E-state index contributed by atoms with van der Waals surface area (Å²) in [6.45, 7) is 8.85. The van der Waals surface area contributed by atoms with Gasteiger partial charge in [-0.15, -0.1) is 0 Å². The van der Waals surface area contributed by atoms with Gasteiger partial charge < -0.3 is 19.7 Å². The Bertz CT molecular complexity index is 452.